The lowest BCUT2D eigenvalue weighted by Gasteiger charge is -2.28. The van der Waals surface area contributed by atoms with Crippen LogP contribution in [0.5, 0.6) is 0 Å². The zero-order valence-corrected chi connectivity index (χ0v) is 26.2. The minimum atomic E-state index is 0.808. The molecular weight excluding hydrogens is 545 g/mol. The van der Waals surface area contributed by atoms with E-state index in [1.165, 1.54) is 98.7 Å². The Kier molecular flexibility index (Phi) is 16.6. The van der Waals surface area contributed by atoms with E-state index >= 15 is 0 Å². The maximum Gasteiger partial charge on any atom is 0.0506 e. The van der Waals surface area contributed by atoms with Crippen LogP contribution in [0.15, 0.2) is 0 Å². The first-order chi connectivity index (χ1) is 15.8. The number of hydrogen-bond donors (Lipinski definition) is 2. The number of thiol groups is 2. The summed E-state index contributed by atoms with van der Waals surface area (Å²) in [5.74, 6) is 12.4. The van der Waals surface area contributed by atoms with Gasteiger partial charge in [-0.05, 0) is 86.2 Å². The Morgan fingerprint density at radius 1 is 0.625 bits per heavy atom. The highest BCUT2D eigenvalue weighted by atomic mass is 32.2. The van der Waals surface area contributed by atoms with Gasteiger partial charge in [-0.2, -0.15) is 48.8 Å². The maximum atomic E-state index is 4.45. The Hall–Kier alpha value is 2.80. The van der Waals surface area contributed by atoms with Crippen LogP contribution < -0.4 is 0 Å². The Labute approximate surface area is 235 Å². The third-order valence-electron chi connectivity index (χ3n) is 6.66. The second-order valence-corrected chi connectivity index (χ2v) is 18.5. The molecule has 8 heteroatoms. The van der Waals surface area contributed by atoms with Gasteiger partial charge in [0.15, 0.2) is 0 Å². The van der Waals surface area contributed by atoms with E-state index < -0.39 is 0 Å². The lowest BCUT2D eigenvalue weighted by Crippen LogP contribution is -2.18. The van der Waals surface area contributed by atoms with Crippen molar-refractivity contribution in [1.82, 2.24) is 0 Å². The lowest BCUT2D eigenvalue weighted by atomic mass is 9.84. The van der Waals surface area contributed by atoms with Gasteiger partial charge in [-0.15, -0.1) is 47.0 Å². The van der Waals surface area contributed by atoms with E-state index in [2.05, 4.69) is 95.8 Å². The van der Waals surface area contributed by atoms with E-state index in [-0.39, 0.29) is 0 Å². The van der Waals surface area contributed by atoms with Crippen molar-refractivity contribution in [3.05, 3.63) is 0 Å². The zero-order valence-electron chi connectivity index (χ0n) is 19.5. The predicted molar refractivity (Wildman–Crippen MR) is 171 cm³/mol. The molecule has 1 aliphatic carbocycles. The van der Waals surface area contributed by atoms with Crippen molar-refractivity contribution in [1.29, 1.82) is 0 Å². The first-order valence-electron chi connectivity index (χ1n) is 12.7. The highest BCUT2D eigenvalue weighted by Gasteiger charge is 2.25. The van der Waals surface area contributed by atoms with Crippen LogP contribution in [0.3, 0.4) is 0 Å². The van der Waals surface area contributed by atoms with E-state index in [4.69, 9.17) is 0 Å². The van der Waals surface area contributed by atoms with Gasteiger partial charge in [0.05, 0.1) is 9.16 Å². The summed E-state index contributed by atoms with van der Waals surface area (Å²) in [5, 5.41) is 1.62. The summed E-state index contributed by atoms with van der Waals surface area (Å²) in [6, 6.07) is 0. The second-order valence-electron chi connectivity index (χ2n) is 9.44. The molecule has 3 rings (SSSR count). The molecule has 32 heavy (non-hydrogen) atoms. The molecule has 0 nitrogen and oxygen atoms in total. The first kappa shape index (κ1) is 29.4. The molecule has 3 aliphatic rings. The molecule has 0 amide bonds. The Balaban J connectivity index is 1.08. The minimum absolute atomic E-state index is 0.808. The fourth-order valence-corrected chi connectivity index (χ4v) is 14.8. The number of hydrogen-bond acceptors (Lipinski definition) is 8. The lowest BCUT2D eigenvalue weighted by molar-refractivity contribution is 0.315. The molecule has 3 fully saturated rings. The Morgan fingerprint density at radius 3 is 1.44 bits per heavy atom. The third kappa shape index (κ3) is 11.9. The number of rotatable bonds is 16. The minimum Gasteiger partial charge on any atom is -0.178 e. The highest BCUT2D eigenvalue weighted by Crippen LogP contribution is 2.42. The molecule has 0 spiro atoms. The van der Waals surface area contributed by atoms with Crippen LogP contribution in [0.25, 0.3) is 0 Å². The zero-order chi connectivity index (χ0) is 22.4. The monoisotopic (exact) mass is 588 g/mol. The van der Waals surface area contributed by atoms with Gasteiger partial charge < -0.3 is 0 Å². The third-order valence-corrected chi connectivity index (χ3v) is 17.4. The molecule has 4 atom stereocenters. The van der Waals surface area contributed by atoms with Crippen LogP contribution in [0.4, 0.5) is 0 Å². The van der Waals surface area contributed by atoms with Crippen LogP contribution in [-0.2, 0) is 0 Å². The fraction of sp³-hybridized carbons (Fsp3) is 1.00. The molecule has 188 valence electrons. The summed E-state index contributed by atoms with van der Waals surface area (Å²) < 4.78 is 1.72. The Bertz CT molecular complexity index is 429. The summed E-state index contributed by atoms with van der Waals surface area (Å²) in [5.41, 5.74) is 0. The van der Waals surface area contributed by atoms with Crippen molar-refractivity contribution in [3.63, 3.8) is 0 Å². The number of unbranched alkanes of at least 4 members (excludes halogenated alkanes) is 2. The van der Waals surface area contributed by atoms with Crippen molar-refractivity contribution < 1.29 is 0 Å². The average Bonchev–Trinajstić information content (AvgIpc) is 3.48. The van der Waals surface area contributed by atoms with E-state index in [1.54, 1.807) is 0 Å². The predicted octanol–water partition coefficient (Wildman–Crippen LogP) is 8.81. The Morgan fingerprint density at radius 2 is 1.06 bits per heavy atom. The van der Waals surface area contributed by atoms with Gasteiger partial charge in [0.25, 0.3) is 0 Å². The van der Waals surface area contributed by atoms with E-state index in [1.807, 2.05) is 0 Å². The summed E-state index contributed by atoms with van der Waals surface area (Å²) >= 11 is 22.1. The van der Waals surface area contributed by atoms with Gasteiger partial charge >= 0.3 is 0 Å². The highest BCUT2D eigenvalue weighted by molar-refractivity contribution is 8.21. The fourth-order valence-electron chi connectivity index (χ4n) is 4.61. The molecule has 4 unspecified atom stereocenters. The van der Waals surface area contributed by atoms with Crippen molar-refractivity contribution in [3.8, 4) is 0 Å². The molecular formula is C24H44S8. The molecule has 0 aromatic carbocycles. The van der Waals surface area contributed by atoms with E-state index in [9.17, 15) is 0 Å². The van der Waals surface area contributed by atoms with Gasteiger partial charge in [-0.25, -0.2) is 0 Å². The van der Waals surface area contributed by atoms with Gasteiger partial charge in [0.1, 0.15) is 0 Å². The first-order valence-corrected chi connectivity index (χ1v) is 20.2. The standard InChI is InChI=1S/C24H44S8/c25-13-21-17-29-23(31-21)5-1-3-11-27-15-19-7-9-20(10-8-19)16-28-12-4-2-6-24-30-18-22(14-26)32-24/h19-26H,1-18H2. The topological polar surface area (TPSA) is 0 Å². The van der Waals surface area contributed by atoms with Crippen LogP contribution in [0.1, 0.15) is 64.2 Å². The second kappa shape index (κ2) is 18.1. The molecule has 0 bridgehead atoms. The van der Waals surface area contributed by atoms with Gasteiger partial charge in [0, 0.05) is 33.5 Å². The van der Waals surface area contributed by atoms with Gasteiger partial charge in [-0.3, -0.25) is 0 Å². The summed E-state index contributed by atoms with van der Waals surface area (Å²) in [6.07, 6.45) is 14.5. The van der Waals surface area contributed by atoms with Crippen LogP contribution in [-0.4, -0.2) is 65.7 Å². The SMILES string of the molecule is SCC1CSC(CCCCSCC2CCC(CSCCCCC3SCC(CS)S3)CC2)S1. The molecule has 0 aromatic rings. The molecule has 0 aromatic heterocycles. The largest absolute Gasteiger partial charge is 0.178 e. The quantitative estimate of drug-likeness (QED) is 0.136. The van der Waals surface area contributed by atoms with E-state index in [0.717, 1.165) is 43.0 Å². The van der Waals surface area contributed by atoms with Gasteiger partial charge in [0.2, 0.25) is 0 Å². The van der Waals surface area contributed by atoms with Crippen LogP contribution >= 0.6 is 95.8 Å². The summed E-state index contributed by atoms with van der Waals surface area (Å²) in [4.78, 5) is 0. The van der Waals surface area contributed by atoms with Crippen molar-refractivity contribution in [2.45, 2.75) is 83.9 Å². The molecule has 2 heterocycles. The van der Waals surface area contributed by atoms with Crippen molar-refractivity contribution in [2.24, 2.45) is 11.8 Å². The van der Waals surface area contributed by atoms with Crippen LogP contribution in [0, 0.1) is 11.8 Å². The van der Waals surface area contributed by atoms with Crippen molar-refractivity contribution in [2.75, 3.05) is 46.0 Å². The maximum absolute atomic E-state index is 4.45. The van der Waals surface area contributed by atoms with E-state index in [0.29, 0.717) is 0 Å². The van der Waals surface area contributed by atoms with Crippen molar-refractivity contribution >= 4 is 95.8 Å². The van der Waals surface area contributed by atoms with Gasteiger partial charge in [-0.1, -0.05) is 12.8 Å². The number of thioether (sulfide) groups is 6. The summed E-state index contributed by atoms with van der Waals surface area (Å²) in [7, 11) is 0. The molecule has 0 N–H and O–H groups in total. The average molecular weight is 589 g/mol. The smallest absolute Gasteiger partial charge is 0.0506 e. The molecule has 0 radical (unpaired) electrons. The molecule has 2 aliphatic heterocycles. The normalized spacial score (nSPS) is 33.2. The molecule has 1 saturated carbocycles. The summed E-state index contributed by atoms with van der Waals surface area (Å²) in [6.45, 7) is 0. The van der Waals surface area contributed by atoms with Crippen LogP contribution in [0.2, 0.25) is 0 Å². The molecule has 2 saturated heterocycles.